The predicted octanol–water partition coefficient (Wildman–Crippen LogP) is 2.73. The van der Waals surface area contributed by atoms with E-state index in [1.54, 1.807) is 6.07 Å². The summed E-state index contributed by atoms with van der Waals surface area (Å²) in [6.07, 6.45) is 3.92. The van der Waals surface area contributed by atoms with E-state index in [4.69, 9.17) is 0 Å². The maximum Gasteiger partial charge on any atom is 0.159 e. The van der Waals surface area contributed by atoms with Crippen molar-refractivity contribution in [1.29, 1.82) is 0 Å². The van der Waals surface area contributed by atoms with Crippen molar-refractivity contribution in [1.82, 2.24) is 5.32 Å². The molecule has 1 saturated heterocycles. The van der Waals surface area contributed by atoms with Gasteiger partial charge in [0.1, 0.15) is 0 Å². The maximum atomic E-state index is 12.9. The molecular weight excluding hydrogens is 196 g/mol. The summed E-state index contributed by atoms with van der Waals surface area (Å²) < 4.78 is 25.6. The lowest BCUT2D eigenvalue weighted by Gasteiger charge is -2.15. The van der Waals surface area contributed by atoms with Crippen LogP contribution in [-0.4, -0.2) is 13.1 Å². The average Bonchev–Trinajstić information content (AvgIpc) is 2.25. The van der Waals surface area contributed by atoms with Crippen LogP contribution in [0.4, 0.5) is 8.78 Å². The van der Waals surface area contributed by atoms with Crippen LogP contribution in [0.1, 0.15) is 18.4 Å². The molecule has 0 radical (unpaired) electrons. The van der Waals surface area contributed by atoms with Crippen molar-refractivity contribution >= 4 is 6.08 Å². The fourth-order valence-electron chi connectivity index (χ4n) is 1.73. The van der Waals surface area contributed by atoms with Gasteiger partial charge in [0.2, 0.25) is 0 Å². The third kappa shape index (κ3) is 2.63. The molecule has 1 N–H and O–H groups in total. The average molecular weight is 209 g/mol. The van der Waals surface area contributed by atoms with Crippen LogP contribution in [0.15, 0.2) is 23.8 Å². The summed E-state index contributed by atoms with van der Waals surface area (Å²) in [6.45, 7) is 1.94. The van der Waals surface area contributed by atoms with E-state index >= 15 is 0 Å². The van der Waals surface area contributed by atoms with E-state index in [0.29, 0.717) is 0 Å². The Bertz CT molecular complexity index is 377. The summed E-state index contributed by atoms with van der Waals surface area (Å²) in [6, 6.07) is 4.01. The zero-order valence-corrected chi connectivity index (χ0v) is 8.39. The van der Waals surface area contributed by atoms with Crippen molar-refractivity contribution in [2.24, 2.45) is 0 Å². The van der Waals surface area contributed by atoms with Gasteiger partial charge in [-0.2, -0.15) is 0 Å². The summed E-state index contributed by atoms with van der Waals surface area (Å²) in [7, 11) is 0. The van der Waals surface area contributed by atoms with Crippen molar-refractivity contribution in [3.8, 4) is 0 Å². The van der Waals surface area contributed by atoms with Gasteiger partial charge < -0.3 is 5.32 Å². The van der Waals surface area contributed by atoms with Crippen LogP contribution < -0.4 is 5.32 Å². The molecule has 0 unspecified atom stereocenters. The fraction of sp³-hybridized carbons (Fsp3) is 0.333. The van der Waals surface area contributed by atoms with E-state index in [1.165, 1.54) is 17.7 Å². The second-order valence-electron chi connectivity index (χ2n) is 3.73. The Balaban J connectivity index is 2.18. The van der Waals surface area contributed by atoms with Gasteiger partial charge in [-0.25, -0.2) is 8.78 Å². The zero-order valence-electron chi connectivity index (χ0n) is 8.39. The molecule has 0 bridgehead atoms. The van der Waals surface area contributed by atoms with Crippen LogP contribution in [0.5, 0.6) is 0 Å². The minimum atomic E-state index is -0.789. The Labute approximate surface area is 87.8 Å². The van der Waals surface area contributed by atoms with Gasteiger partial charge in [0.25, 0.3) is 0 Å². The Morgan fingerprint density at radius 2 is 1.80 bits per heavy atom. The summed E-state index contributed by atoms with van der Waals surface area (Å²) >= 11 is 0. The SMILES string of the molecule is Fc1ccc(C=C2CCNCC2)cc1F. The van der Waals surface area contributed by atoms with E-state index in [9.17, 15) is 8.78 Å². The van der Waals surface area contributed by atoms with Crippen LogP contribution in [0.2, 0.25) is 0 Å². The van der Waals surface area contributed by atoms with Gasteiger partial charge in [-0.15, -0.1) is 0 Å². The Morgan fingerprint density at radius 1 is 1.07 bits per heavy atom. The summed E-state index contributed by atoms with van der Waals surface area (Å²) in [4.78, 5) is 0. The molecule has 0 saturated carbocycles. The topological polar surface area (TPSA) is 12.0 Å². The molecule has 15 heavy (non-hydrogen) atoms. The molecule has 1 aromatic carbocycles. The molecule has 1 heterocycles. The molecule has 1 aliphatic heterocycles. The van der Waals surface area contributed by atoms with Gasteiger partial charge in [-0.3, -0.25) is 0 Å². The molecular formula is C12H13F2N. The standard InChI is InChI=1S/C12H13F2N/c13-11-2-1-10(8-12(11)14)7-9-3-5-15-6-4-9/h1-2,7-8,15H,3-6H2. The van der Waals surface area contributed by atoms with E-state index < -0.39 is 11.6 Å². The highest BCUT2D eigenvalue weighted by molar-refractivity contribution is 5.53. The van der Waals surface area contributed by atoms with Gasteiger partial charge in [0.15, 0.2) is 11.6 Å². The number of halogens is 2. The third-order valence-corrected chi connectivity index (χ3v) is 2.56. The van der Waals surface area contributed by atoms with Crippen molar-refractivity contribution in [3.63, 3.8) is 0 Å². The van der Waals surface area contributed by atoms with Crippen LogP contribution in [0, 0.1) is 11.6 Å². The van der Waals surface area contributed by atoms with Crippen molar-refractivity contribution < 1.29 is 8.78 Å². The molecule has 2 rings (SSSR count). The molecule has 0 aromatic heterocycles. The normalized spacial score (nSPS) is 16.5. The van der Waals surface area contributed by atoms with Gasteiger partial charge >= 0.3 is 0 Å². The van der Waals surface area contributed by atoms with E-state index in [2.05, 4.69) is 5.32 Å². The van der Waals surface area contributed by atoms with Crippen LogP contribution in [0.3, 0.4) is 0 Å². The highest BCUT2D eigenvalue weighted by atomic mass is 19.2. The van der Waals surface area contributed by atoms with E-state index in [0.717, 1.165) is 31.5 Å². The second-order valence-corrected chi connectivity index (χ2v) is 3.73. The quantitative estimate of drug-likeness (QED) is 0.749. The van der Waals surface area contributed by atoms with Crippen molar-refractivity contribution in [3.05, 3.63) is 41.0 Å². The molecule has 0 amide bonds. The first kappa shape index (κ1) is 10.3. The molecule has 1 aliphatic rings. The second kappa shape index (κ2) is 4.53. The van der Waals surface area contributed by atoms with Gasteiger partial charge in [-0.05, 0) is 43.6 Å². The molecule has 0 aliphatic carbocycles. The first-order chi connectivity index (χ1) is 7.25. The number of nitrogens with one attached hydrogen (secondary N) is 1. The molecule has 0 atom stereocenters. The van der Waals surface area contributed by atoms with Gasteiger partial charge in [0, 0.05) is 0 Å². The largest absolute Gasteiger partial charge is 0.316 e. The number of rotatable bonds is 1. The van der Waals surface area contributed by atoms with E-state index in [1.807, 2.05) is 6.08 Å². The van der Waals surface area contributed by atoms with Crippen LogP contribution in [-0.2, 0) is 0 Å². The molecule has 1 fully saturated rings. The maximum absolute atomic E-state index is 12.9. The molecule has 1 aromatic rings. The molecule has 80 valence electrons. The number of piperidine rings is 1. The highest BCUT2D eigenvalue weighted by Crippen LogP contribution is 2.17. The van der Waals surface area contributed by atoms with E-state index in [-0.39, 0.29) is 0 Å². The minimum absolute atomic E-state index is 0.741. The van der Waals surface area contributed by atoms with Gasteiger partial charge in [0.05, 0.1) is 0 Å². The summed E-state index contributed by atoms with van der Waals surface area (Å²) in [5.74, 6) is -1.57. The lowest BCUT2D eigenvalue weighted by Crippen LogP contribution is -2.22. The number of hydrogen-bond donors (Lipinski definition) is 1. The Hall–Kier alpha value is -1.22. The third-order valence-electron chi connectivity index (χ3n) is 2.56. The fourth-order valence-corrected chi connectivity index (χ4v) is 1.73. The lowest BCUT2D eigenvalue weighted by atomic mass is 10.0. The number of benzene rings is 1. The van der Waals surface area contributed by atoms with Crippen molar-refractivity contribution in [2.45, 2.75) is 12.8 Å². The first-order valence-corrected chi connectivity index (χ1v) is 5.11. The Morgan fingerprint density at radius 3 is 2.47 bits per heavy atom. The summed E-state index contributed by atoms with van der Waals surface area (Å²) in [5.41, 5.74) is 2.03. The Kier molecular flexibility index (Phi) is 3.11. The predicted molar refractivity (Wildman–Crippen MR) is 56.4 cm³/mol. The van der Waals surface area contributed by atoms with Crippen molar-refractivity contribution in [2.75, 3.05) is 13.1 Å². The first-order valence-electron chi connectivity index (χ1n) is 5.11. The van der Waals surface area contributed by atoms with Crippen LogP contribution >= 0.6 is 0 Å². The molecule has 1 nitrogen and oxygen atoms in total. The lowest BCUT2D eigenvalue weighted by molar-refractivity contribution is 0.508. The molecule has 0 spiro atoms. The zero-order chi connectivity index (χ0) is 10.7. The highest BCUT2D eigenvalue weighted by Gasteiger charge is 2.05. The smallest absolute Gasteiger partial charge is 0.159 e. The van der Waals surface area contributed by atoms with Crippen LogP contribution in [0.25, 0.3) is 6.08 Å². The number of hydrogen-bond acceptors (Lipinski definition) is 1. The molecule has 3 heteroatoms. The minimum Gasteiger partial charge on any atom is -0.316 e. The summed E-state index contributed by atoms with van der Waals surface area (Å²) in [5, 5.41) is 3.25. The van der Waals surface area contributed by atoms with Gasteiger partial charge in [-0.1, -0.05) is 17.7 Å². The monoisotopic (exact) mass is 209 g/mol.